The summed E-state index contributed by atoms with van der Waals surface area (Å²) in [4.78, 5) is 2.77. The van der Waals surface area contributed by atoms with Gasteiger partial charge < -0.3 is 14.6 Å². The number of rotatable bonds is 4. The van der Waals surface area contributed by atoms with E-state index in [4.69, 9.17) is 0 Å². The van der Waals surface area contributed by atoms with Crippen molar-refractivity contribution in [1.29, 1.82) is 0 Å². The van der Waals surface area contributed by atoms with Crippen molar-refractivity contribution in [2.24, 2.45) is 11.8 Å². The lowest BCUT2D eigenvalue weighted by molar-refractivity contribution is 0.0893. The molecular weight excluding hydrogens is 320 g/mol. The molecule has 0 unspecified atom stereocenters. The zero-order valence-electron chi connectivity index (χ0n) is 16.4. The van der Waals surface area contributed by atoms with E-state index in [2.05, 4.69) is 53.8 Å². The first-order chi connectivity index (χ1) is 12.7. The molecule has 1 saturated carbocycles. The molecule has 3 nitrogen and oxygen atoms in total. The summed E-state index contributed by atoms with van der Waals surface area (Å²) >= 11 is 0. The lowest BCUT2D eigenvalue weighted by Crippen LogP contribution is -2.43. The van der Waals surface area contributed by atoms with Crippen LogP contribution in [0, 0.1) is 11.8 Å². The summed E-state index contributed by atoms with van der Waals surface area (Å²) in [6, 6.07) is 9.92. The van der Waals surface area contributed by atoms with Crippen molar-refractivity contribution in [3.63, 3.8) is 0 Å². The van der Waals surface area contributed by atoms with Crippen LogP contribution in [0.2, 0.25) is 0 Å². The van der Waals surface area contributed by atoms with Crippen LogP contribution in [-0.4, -0.2) is 33.7 Å². The van der Waals surface area contributed by atoms with E-state index >= 15 is 0 Å². The molecule has 0 amide bonds. The first kappa shape index (κ1) is 18.1. The first-order valence-electron chi connectivity index (χ1n) is 10.6. The fourth-order valence-corrected chi connectivity index (χ4v) is 5.37. The topological polar surface area (TPSA) is 28.4 Å². The van der Waals surface area contributed by atoms with Gasteiger partial charge in [0.15, 0.2) is 0 Å². The second-order valence-electron chi connectivity index (χ2n) is 8.82. The van der Waals surface area contributed by atoms with Crippen molar-refractivity contribution in [3.05, 3.63) is 36.0 Å². The Labute approximate surface area is 158 Å². The van der Waals surface area contributed by atoms with Gasteiger partial charge in [0, 0.05) is 47.8 Å². The van der Waals surface area contributed by atoms with Crippen LogP contribution in [0.1, 0.15) is 64.0 Å². The molecule has 2 heterocycles. The summed E-state index contributed by atoms with van der Waals surface area (Å²) in [5.74, 6) is 1.80. The Hall–Kier alpha value is -1.32. The van der Waals surface area contributed by atoms with Gasteiger partial charge in [0.2, 0.25) is 0 Å². The van der Waals surface area contributed by atoms with Gasteiger partial charge in [-0.05, 0) is 56.4 Å². The maximum Gasteiger partial charge on any atom is 0.0702 e. The van der Waals surface area contributed by atoms with Gasteiger partial charge in [-0.2, -0.15) is 0 Å². The summed E-state index contributed by atoms with van der Waals surface area (Å²) in [5.41, 5.74) is 2.35. The Balaban J connectivity index is 1.40. The fourth-order valence-electron chi connectivity index (χ4n) is 5.37. The zero-order chi connectivity index (χ0) is 18.1. The number of aliphatic hydroxyl groups is 1. The number of piperidine rings is 1. The molecule has 1 aliphatic heterocycles. The molecule has 1 aromatic carbocycles. The second kappa shape index (κ2) is 7.74. The van der Waals surface area contributed by atoms with E-state index < -0.39 is 0 Å². The highest BCUT2D eigenvalue weighted by Crippen LogP contribution is 2.35. The monoisotopic (exact) mass is 354 g/mol. The van der Waals surface area contributed by atoms with Gasteiger partial charge in [-0.1, -0.05) is 32.0 Å². The second-order valence-corrected chi connectivity index (χ2v) is 8.82. The van der Waals surface area contributed by atoms with Crippen LogP contribution in [0.25, 0.3) is 10.9 Å². The van der Waals surface area contributed by atoms with Crippen molar-refractivity contribution in [3.8, 4) is 0 Å². The Bertz CT molecular complexity index is 719. The average Bonchev–Trinajstić information content (AvgIpc) is 3.07. The summed E-state index contributed by atoms with van der Waals surface area (Å²) in [5, 5.41) is 10.9. The van der Waals surface area contributed by atoms with E-state index in [1.165, 1.54) is 62.5 Å². The number of fused-ring (bicyclic) bond motifs is 1. The highest BCUT2D eigenvalue weighted by molar-refractivity contribution is 5.84. The van der Waals surface area contributed by atoms with E-state index in [-0.39, 0.29) is 6.61 Å². The Morgan fingerprint density at radius 2 is 1.65 bits per heavy atom. The molecule has 1 saturated heterocycles. The van der Waals surface area contributed by atoms with Gasteiger partial charge in [0.1, 0.15) is 0 Å². The van der Waals surface area contributed by atoms with E-state index in [9.17, 15) is 5.11 Å². The number of para-hydroxylation sites is 1. The number of hydrogen-bond donors (Lipinski definition) is 1. The van der Waals surface area contributed by atoms with Crippen molar-refractivity contribution >= 4 is 10.9 Å². The SMILES string of the molecule is CC(C)[C@H]1CC[C@@H](N2CCC(n3cc(CO)c4ccccc43)CC2)CC1. The molecule has 142 valence electrons. The quantitative estimate of drug-likeness (QED) is 0.838. The van der Waals surface area contributed by atoms with Gasteiger partial charge in [-0.3, -0.25) is 0 Å². The maximum absolute atomic E-state index is 9.70. The molecule has 1 aromatic heterocycles. The highest BCUT2D eigenvalue weighted by Gasteiger charge is 2.30. The lowest BCUT2D eigenvalue weighted by atomic mass is 9.79. The van der Waals surface area contributed by atoms with Gasteiger partial charge in [-0.15, -0.1) is 0 Å². The highest BCUT2D eigenvalue weighted by atomic mass is 16.3. The van der Waals surface area contributed by atoms with Gasteiger partial charge >= 0.3 is 0 Å². The standard InChI is InChI=1S/C23H34N2O/c1-17(2)18-7-9-20(10-8-18)24-13-11-21(12-14-24)25-15-19(16-26)22-5-3-4-6-23(22)25/h3-6,15,17-18,20-21,26H,7-14,16H2,1-2H3/t18-,20+. The Kier molecular flexibility index (Phi) is 5.37. The van der Waals surface area contributed by atoms with Gasteiger partial charge in [0.25, 0.3) is 0 Å². The average molecular weight is 355 g/mol. The molecule has 0 atom stereocenters. The number of aliphatic hydroxyl groups excluding tert-OH is 1. The number of likely N-dealkylation sites (tertiary alicyclic amines) is 1. The van der Waals surface area contributed by atoms with E-state index in [0.717, 1.165) is 23.4 Å². The smallest absolute Gasteiger partial charge is 0.0702 e. The minimum atomic E-state index is 0.130. The predicted octanol–water partition coefficient (Wildman–Crippen LogP) is 4.99. The van der Waals surface area contributed by atoms with Crippen molar-refractivity contribution in [2.75, 3.05) is 13.1 Å². The van der Waals surface area contributed by atoms with Crippen molar-refractivity contribution in [1.82, 2.24) is 9.47 Å². The molecule has 26 heavy (non-hydrogen) atoms. The number of hydrogen-bond acceptors (Lipinski definition) is 2. The van der Waals surface area contributed by atoms with Crippen LogP contribution < -0.4 is 0 Å². The number of aromatic nitrogens is 1. The first-order valence-corrected chi connectivity index (χ1v) is 10.6. The van der Waals surface area contributed by atoms with E-state index in [0.29, 0.717) is 6.04 Å². The molecule has 3 heteroatoms. The van der Waals surface area contributed by atoms with Crippen molar-refractivity contribution < 1.29 is 5.11 Å². The van der Waals surface area contributed by atoms with E-state index in [1.54, 1.807) is 0 Å². The van der Waals surface area contributed by atoms with Crippen LogP contribution in [0.15, 0.2) is 30.5 Å². The largest absolute Gasteiger partial charge is 0.392 e. The van der Waals surface area contributed by atoms with Gasteiger partial charge in [0.05, 0.1) is 6.61 Å². The third kappa shape index (κ3) is 3.44. The van der Waals surface area contributed by atoms with Crippen LogP contribution in [0.5, 0.6) is 0 Å². The predicted molar refractivity (Wildman–Crippen MR) is 108 cm³/mol. The lowest BCUT2D eigenvalue weighted by Gasteiger charge is -2.42. The molecule has 0 spiro atoms. The van der Waals surface area contributed by atoms with Crippen LogP contribution in [0.3, 0.4) is 0 Å². The Morgan fingerprint density at radius 1 is 0.962 bits per heavy atom. The summed E-state index contributed by atoms with van der Waals surface area (Å²) in [6.45, 7) is 7.35. The Morgan fingerprint density at radius 3 is 2.31 bits per heavy atom. The normalized spacial score (nSPS) is 26.0. The van der Waals surface area contributed by atoms with E-state index in [1.807, 2.05) is 0 Å². The summed E-state index contributed by atoms with van der Waals surface area (Å²) in [7, 11) is 0. The summed E-state index contributed by atoms with van der Waals surface area (Å²) < 4.78 is 2.44. The van der Waals surface area contributed by atoms with Crippen LogP contribution in [0.4, 0.5) is 0 Å². The molecular formula is C23H34N2O. The molecule has 0 radical (unpaired) electrons. The van der Waals surface area contributed by atoms with Crippen LogP contribution >= 0.6 is 0 Å². The minimum Gasteiger partial charge on any atom is -0.392 e. The fraction of sp³-hybridized carbons (Fsp3) is 0.652. The molecule has 1 aliphatic carbocycles. The molecule has 1 N–H and O–H groups in total. The molecule has 2 fully saturated rings. The number of nitrogens with zero attached hydrogens (tertiary/aromatic N) is 2. The molecule has 2 aromatic rings. The molecule has 4 rings (SSSR count). The molecule has 0 bridgehead atoms. The zero-order valence-corrected chi connectivity index (χ0v) is 16.4. The maximum atomic E-state index is 9.70. The van der Waals surface area contributed by atoms with Gasteiger partial charge in [-0.25, -0.2) is 0 Å². The third-order valence-corrected chi connectivity index (χ3v) is 7.09. The number of benzene rings is 1. The van der Waals surface area contributed by atoms with Crippen molar-refractivity contribution in [2.45, 2.75) is 71.1 Å². The van der Waals surface area contributed by atoms with Crippen LogP contribution in [-0.2, 0) is 6.61 Å². The molecule has 2 aliphatic rings. The summed E-state index contributed by atoms with van der Waals surface area (Å²) in [6.07, 6.45) is 10.3. The minimum absolute atomic E-state index is 0.130. The third-order valence-electron chi connectivity index (χ3n) is 7.09.